The first-order valence-corrected chi connectivity index (χ1v) is 9.25. The maximum absolute atomic E-state index is 13.0. The van der Waals surface area contributed by atoms with Crippen LogP contribution in [0, 0.1) is 18.3 Å². The number of hydrogen-bond acceptors (Lipinski definition) is 5. The zero-order chi connectivity index (χ0) is 20.4. The van der Waals surface area contributed by atoms with E-state index in [-0.39, 0.29) is 5.91 Å². The maximum Gasteiger partial charge on any atom is 0.280 e. The van der Waals surface area contributed by atoms with Crippen molar-refractivity contribution in [2.45, 2.75) is 26.8 Å². The number of nitrogens with zero attached hydrogens (tertiary/aromatic N) is 5. The molecule has 0 unspecified atom stereocenters. The topological polar surface area (TPSA) is 87.4 Å². The second-order valence-corrected chi connectivity index (χ2v) is 6.71. The third kappa shape index (κ3) is 3.60. The predicted molar refractivity (Wildman–Crippen MR) is 110 cm³/mol. The standard InChI is InChI=1S/C22H19N5O2/c1-15-9-10-20(29-15)21-17(14-26(25-21)12-6-11-23)13-19-16(2)24-27(22(19)28)18-7-4-3-5-8-18/h3-5,7-10,13-14H,6,12H2,1-2H3. The second-order valence-electron chi connectivity index (χ2n) is 6.71. The fourth-order valence-corrected chi connectivity index (χ4v) is 3.16. The van der Waals surface area contributed by atoms with Gasteiger partial charge in [0.1, 0.15) is 11.5 Å². The summed E-state index contributed by atoms with van der Waals surface area (Å²) in [4.78, 5) is 13.0. The Kier molecular flexibility index (Phi) is 4.83. The number of furan rings is 1. The molecule has 1 amide bonds. The number of hydrogen-bond donors (Lipinski definition) is 0. The molecule has 1 aliphatic heterocycles. The molecule has 3 aromatic rings. The Labute approximate surface area is 168 Å². The van der Waals surface area contributed by atoms with Crippen LogP contribution in [0.15, 0.2) is 63.8 Å². The first-order valence-electron chi connectivity index (χ1n) is 9.25. The summed E-state index contributed by atoms with van der Waals surface area (Å²) in [6, 6.07) is 15.1. The molecule has 0 fully saturated rings. The SMILES string of the molecule is CC1=NN(c2ccccc2)C(=O)C1=Cc1cn(CCC#N)nc1-c1ccc(C)o1. The van der Waals surface area contributed by atoms with Gasteiger partial charge in [-0.15, -0.1) is 0 Å². The molecule has 1 aliphatic rings. The number of rotatable bonds is 5. The molecule has 0 aliphatic carbocycles. The molecule has 0 saturated heterocycles. The van der Waals surface area contributed by atoms with Crippen molar-refractivity contribution in [3.8, 4) is 17.5 Å². The van der Waals surface area contributed by atoms with E-state index >= 15 is 0 Å². The third-order valence-electron chi connectivity index (χ3n) is 4.58. The van der Waals surface area contributed by atoms with Gasteiger partial charge in [0.15, 0.2) is 5.76 Å². The van der Waals surface area contributed by atoms with E-state index in [9.17, 15) is 4.79 Å². The largest absolute Gasteiger partial charge is 0.460 e. The lowest BCUT2D eigenvalue weighted by atomic mass is 10.1. The molecule has 144 valence electrons. The zero-order valence-corrected chi connectivity index (χ0v) is 16.2. The summed E-state index contributed by atoms with van der Waals surface area (Å²) in [5.74, 6) is 1.19. The van der Waals surface area contributed by atoms with Crippen LogP contribution in [-0.2, 0) is 11.3 Å². The van der Waals surface area contributed by atoms with Crippen molar-refractivity contribution in [3.63, 3.8) is 0 Å². The number of aryl methyl sites for hydroxylation is 2. The maximum atomic E-state index is 13.0. The average Bonchev–Trinajstić information content (AvgIpc) is 3.41. The van der Waals surface area contributed by atoms with Crippen LogP contribution in [-0.4, -0.2) is 21.4 Å². The number of benzene rings is 1. The molecule has 7 nitrogen and oxygen atoms in total. The minimum Gasteiger partial charge on any atom is -0.460 e. The Balaban J connectivity index is 1.74. The summed E-state index contributed by atoms with van der Waals surface area (Å²) in [7, 11) is 0. The molecule has 0 atom stereocenters. The van der Waals surface area contributed by atoms with Gasteiger partial charge in [-0.2, -0.15) is 20.5 Å². The van der Waals surface area contributed by atoms with Crippen molar-refractivity contribution in [2.24, 2.45) is 5.10 Å². The van der Waals surface area contributed by atoms with Gasteiger partial charge in [0, 0.05) is 11.8 Å². The Morgan fingerprint density at radius 1 is 1.17 bits per heavy atom. The predicted octanol–water partition coefficient (Wildman–Crippen LogP) is 4.17. The van der Waals surface area contributed by atoms with E-state index in [0.29, 0.717) is 41.4 Å². The number of para-hydroxylation sites is 1. The molecule has 0 bridgehead atoms. The highest BCUT2D eigenvalue weighted by atomic mass is 16.3. The first-order chi connectivity index (χ1) is 14.1. The molecular formula is C22H19N5O2. The van der Waals surface area contributed by atoms with Gasteiger partial charge in [-0.1, -0.05) is 18.2 Å². The van der Waals surface area contributed by atoms with E-state index in [1.54, 1.807) is 10.8 Å². The van der Waals surface area contributed by atoms with Crippen LogP contribution in [0.4, 0.5) is 5.69 Å². The Hall–Kier alpha value is -3.92. The average molecular weight is 385 g/mol. The summed E-state index contributed by atoms with van der Waals surface area (Å²) < 4.78 is 7.44. The van der Waals surface area contributed by atoms with Crippen molar-refractivity contribution < 1.29 is 9.21 Å². The van der Waals surface area contributed by atoms with Crippen LogP contribution in [0.1, 0.15) is 24.7 Å². The van der Waals surface area contributed by atoms with Gasteiger partial charge in [-0.25, -0.2) is 0 Å². The van der Waals surface area contributed by atoms with Crippen molar-refractivity contribution in [1.82, 2.24) is 9.78 Å². The normalized spacial score (nSPS) is 15.1. The number of carbonyl (C=O) groups excluding carboxylic acids is 1. The lowest BCUT2D eigenvalue weighted by molar-refractivity contribution is -0.114. The van der Waals surface area contributed by atoms with Crippen LogP contribution in [0.5, 0.6) is 0 Å². The number of aromatic nitrogens is 2. The van der Waals surface area contributed by atoms with E-state index in [1.165, 1.54) is 5.01 Å². The van der Waals surface area contributed by atoms with Crippen molar-refractivity contribution >= 4 is 23.4 Å². The molecule has 2 aromatic heterocycles. The molecule has 0 N–H and O–H groups in total. The van der Waals surface area contributed by atoms with Crippen molar-refractivity contribution in [1.29, 1.82) is 5.26 Å². The smallest absolute Gasteiger partial charge is 0.280 e. The van der Waals surface area contributed by atoms with Crippen molar-refractivity contribution in [3.05, 3.63) is 65.6 Å². The Morgan fingerprint density at radius 3 is 2.66 bits per heavy atom. The zero-order valence-electron chi connectivity index (χ0n) is 16.2. The Bertz CT molecular complexity index is 1160. The molecule has 7 heteroatoms. The van der Waals surface area contributed by atoms with Crippen LogP contribution in [0.25, 0.3) is 17.5 Å². The van der Waals surface area contributed by atoms with Gasteiger partial charge in [0.2, 0.25) is 0 Å². The van der Waals surface area contributed by atoms with E-state index < -0.39 is 0 Å². The highest BCUT2D eigenvalue weighted by Crippen LogP contribution is 2.29. The summed E-state index contributed by atoms with van der Waals surface area (Å²) in [5.41, 5.74) is 3.21. The molecular weight excluding hydrogens is 366 g/mol. The number of nitriles is 1. The fourth-order valence-electron chi connectivity index (χ4n) is 3.16. The molecule has 1 aromatic carbocycles. The molecule has 0 saturated carbocycles. The molecule has 4 rings (SSSR count). The van der Waals surface area contributed by atoms with Crippen LogP contribution >= 0.6 is 0 Å². The van der Waals surface area contributed by atoms with E-state index in [1.807, 2.05) is 62.5 Å². The van der Waals surface area contributed by atoms with Gasteiger partial charge in [0.25, 0.3) is 5.91 Å². The van der Waals surface area contributed by atoms with E-state index in [4.69, 9.17) is 9.68 Å². The van der Waals surface area contributed by atoms with E-state index in [0.717, 1.165) is 11.3 Å². The monoisotopic (exact) mass is 385 g/mol. The summed E-state index contributed by atoms with van der Waals surface area (Å²) in [6.45, 7) is 4.14. The molecule has 29 heavy (non-hydrogen) atoms. The molecule has 3 heterocycles. The van der Waals surface area contributed by atoms with Crippen LogP contribution in [0.2, 0.25) is 0 Å². The van der Waals surface area contributed by atoms with E-state index in [2.05, 4.69) is 16.3 Å². The third-order valence-corrected chi connectivity index (χ3v) is 4.58. The summed E-state index contributed by atoms with van der Waals surface area (Å²) in [6.07, 6.45) is 3.95. The Morgan fingerprint density at radius 2 is 1.97 bits per heavy atom. The number of anilines is 1. The van der Waals surface area contributed by atoms with Gasteiger partial charge in [-0.3, -0.25) is 9.48 Å². The number of hydrazone groups is 1. The van der Waals surface area contributed by atoms with Gasteiger partial charge >= 0.3 is 0 Å². The highest BCUT2D eigenvalue weighted by Gasteiger charge is 2.29. The second kappa shape index (κ2) is 7.60. The lowest BCUT2D eigenvalue weighted by Gasteiger charge is -2.10. The van der Waals surface area contributed by atoms with Crippen molar-refractivity contribution in [2.75, 3.05) is 5.01 Å². The number of carbonyl (C=O) groups is 1. The van der Waals surface area contributed by atoms with Gasteiger partial charge in [-0.05, 0) is 44.2 Å². The number of amides is 1. The first kappa shape index (κ1) is 18.4. The molecule has 0 spiro atoms. The highest BCUT2D eigenvalue weighted by molar-refractivity contribution is 6.32. The fraction of sp³-hybridized carbons (Fsp3) is 0.182. The van der Waals surface area contributed by atoms with Gasteiger partial charge in [0.05, 0.1) is 36.0 Å². The minimum absolute atomic E-state index is 0.194. The summed E-state index contributed by atoms with van der Waals surface area (Å²) in [5, 5.41) is 19.3. The van der Waals surface area contributed by atoms with Gasteiger partial charge < -0.3 is 4.42 Å². The minimum atomic E-state index is -0.194. The van der Waals surface area contributed by atoms with Crippen LogP contribution in [0.3, 0.4) is 0 Å². The lowest BCUT2D eigenvalue weighted by Crippen LogP contribution is -2.21. The quantitative estimate of drug-likeness (QED) is 0.617. The van der Waals surface area contributed by atoms with Crippen LogP contribution < -0.4 is 5.01 Å². The summed E-state index contributed by atoms with van der Waals surface area (Å²) >= 11 is 0. The molecule has 0 radical (unpaired) electrons.